The molecule has 800 valence electrons. The molecule has 0 bridgehead atoms. The van der Waals surface area contributed by atoms with E-state index in [-0.39, 0.29) is 139 Å². The molecule has 3 aromatic rings. The number of likely N-dealkylation sites (N-methyl/N-ethyl adjacent to an activating group) is 4. The zero-order chi connectivity index (χ0) is 105. The van der Waals surface area contributed by atoms with Crippen molar-refractivity contribution in [2.24, 2.45) is 11.8 Å². The quantitative estimate of drug-likeness (QED) is 0.0233. The van der Waals surface area contributed by atoms with Crippen molar-refractivity contribution >= 4 is 94.2 Å². The summed E-state index contributed by atoms with van der Waals surface area (Å²) in [5.74, 6) is -6.30. The van der Waals surface area contributed by atoms with Crippen molar-refractivity contribution in [3.8, 4) is 11.5 Å². The Kier molecular flexibility index (Phi) is 65.7. The Labute approximate surface area is 843 Å². The molecule has 13 N–H and O–H groups in total. The molecule has 0 fully saturated rings. The molecule has 0 radical (unpaired) electrons. The third kappa shape index (κ3) is 57.6. The third-order valence-corrected chi connectivity index (χ3v) is 26.0. The Balaban J connectivity index is 1.35. The number of carboxylic acids is 3. The van der Waals surface area contributed by atoms with Gasteiger partial charge >= 0.3 is 17.9 Å². The summed E-state index contributed by atoms with van der Waals surface area (Å²) in [6.07, 6.45) is 31.5. The summed E-state index contributed by atoms with van der Waals surface area (Å²) in [7, 11) is 14.6. The minimum absolute atomic E-state index is 0.0561. The molecule has 0 saturated carbocycles. The first-order chi connectivity index (χ1) is 67.8. The van der Waals surface area contributed by atoms with E-state index in [1.807, 2.05) is 76.0 Å². The fourth-order valence-corrected chi connectivity index (χ4v) is 16.9. The number of rotatable bonds is 87. The number of benzene rings is 2. The van der Waals surface area contributed by atoms with E-state index in [1.54, 1.807) is 44.3 Å². The first-order valence-electron chi connectivity index (χ1n) is 52.2. The lowest BCUT2D eigenvalue weighted by molar-refractivity contribution is -0.142. The number of aliphatic carboxylic acids is 1. The second kappa shape index (κ2) is 74.3. The molecule has 36 nitrogen and oxygen atoms in total. The Morgan fingerprint density at radius 2 is 0.683 bits per heavy atom. The van der Waals surface area contributed by atoms with Crippen LogP contribution in [0.2, 0.25) is 0 Å². The number of aryl methyl sites for hydroxylation is 1. The average molecular weight is 2000 g/mol. The van der Waals surface area contributed by atoms with Crippen molar-refractivity contribution in [2.45, 2.75) is 365 Å². The van der Waals surface area contributed by atoms with Crippen molar-refractivity contribution in [3.63, 3.8) is 0 Å². The van der Waals surface area contributed by atoms with E-state index in [9.17, 15) is 81.8 Å². The number of ketones is 4. The predicted molar refractivity (Wildman–Crippen MR) is 548 cm³/mol. The highest BCUT2D eigenvalue weighted by Gasteiger charge is 2.35. The molecule has 0 spiro atoms. The SMILES string of the molecule is CC(=O)[C@H](CCCCNC(=O)[C@H](CCCCNC(=O)[C@H](CCCCNC(=O)CC[C@H](NC(=O)CCCCCCCCCCCOc1ccc(C(=O)O)cc1)C(C)=O)N(C)C)N(C)C)CC(=O)[C@H](CCCCNC(=O)[C@H](CCCCNC(=O)[C@H](CCCCNC(=O)CC[C@H](NC(=O)CCCCCCCCCCCOc1ccc(C(=O)O)cc1)C(=O)O)N(C)C)N(C)C)CC(=O)C(C)(C)NC(=O)CCc1cnc[nH]1. The molecule has 0 unspecified atom stereocenters. The van der Waals surface area contributed by atoms with E-state index in [1.165, 1.54) is 44.4 Å². The number of ether oxygens (including phenoxy) is 2. The highest BCUT2D eigenvalue weighted by molar-refractivity contribution is 5.97. The van der Waals surface area contributed by atoms with Crippen molar-refractivity contribution in [2.75, 3.05) is 109 Å². The number of aromatic nitrogens is 2. The normalized spacial score (nSPS) is 13.2. The van der Waals surface area contributed by atoms with E-state index in [0.29, 0.717) is 205 Å². The lowest BCUT2D eigenvalue weighted by Crippen LogP contribution is -2.50. The van der Waals surface area contributed by atoms with Gasteiger partial charge in [0.2, 0.25) is 53.2 Å². The van der Waals surface area contributed by atoms with Crippen molar-refractivity contribution in [3.05, 3.63) is 77.9 Å². The summed E-state index contributed by atoms with van der Waals surface area (Å²) in [4.78, 5) is 221. The Morgan fingerprint density at radius 3 is 1.01 bits per heavy atom. The molecule has 3 rings (SSSR count). The number of carboxylic acid groups (broad SMARTS) is 3. The lowest BCUT2D eigenvalue weighted by Gasteiger charge is -2.27. The maximum Gasteiger partial charge on any atom is 0.335 e. The zero-order valence-corrected chi connectivity index (χ0v) is 87.5. The van der Waals surface area contributed by atoms with Gasteiger partial charge in [-0.1, -0.05) is 103 Å². The van der Waals surface area contributed by atoms with Crippen molar-refractivity contribution in [1.82, 2.24) is 77.4 Å². The van der Waals surface area contributed by atoms with Crippen LogP contribution in [0, 0.1) is 11.8 Å². The van der Waals surface area contributed by atoms with Gasteiger partial charge in [0.1, 0.15) is 29.1 Å². The molecule has 8 atom stereocenters. The summed E-state index contributed by atoms with van der Waals surface area (Å²) < 4.78 is 11.4. The molecule has 0 saturated heterocycles. The second-order valence-corrected chi connectivity index (χ2v) is 39.3. The van der Waals surface area contributed by atoms with E-state index < -0.39 is 71.5 Å². The van der Waals surface area contributed by atoms with E-state index >= 15 is 0 Å². The smallest absolute Gasteiger partial charge is 0.335 e. The van der Waals surface area contributed by atoms with Gasteiger partial charge < -0.3 is 77.6 Å². The number of nitrogens with one attached hydrogen (secondary N) is 10. The molecule has 36 heteroatoms. The van der Waals surface area contributed by atoms with Crippen molar-refractivity contribution < 1.29 is 102 Å². The first-order valence-corrected chi connectivity index (χ1v) is 52.2. The minimum atomic E-state index is -1.32. The zero-order valence-electron chi connectivity index (χ0n) is 87.5. The van der Waals surface area contributed by atoms with Crippen LogP contribution in [0.4, 0.5) is 0 Å². The van der Waals surface area contributed by atoms with Gasteiger partial charge in [0.05, 0.1) is 66.4 Å². The maximum atomic E-state index is 14.5. The van der Waals surface area contributed by atoms with Crippen LogP contribution < -0.4 is 57.3 Å². The predicted octanol–water partition coefficient (Wildman–Crippen LogP) is 12.0. The lowest BCUT2D eigenvalue weighted by atomic mass is 9.81. The number of carbonyl (C=O) groups is 16. The molecular weight excluding hydrogens is 1820 g/mol. The first kappa shape index (κ1) is 126. The van der Waals surface area contributed by atoms with Gasteiger partial charge in [0.15, 0.2) is 11.6 Å². The Bertz CT molecular complexity index is 4200. The number of carbonyl (C=O) groups excluding carboxylic acids is 13. The van der Waals surface area contributed by atoms with Crippen LogP contribution in [0.5, 0.6) is 11.5 Å². The van der Waals surface area contributed by atoms with Crippen LogP contribution >= 0.6 is 0 Å². The van der Waals surface area contributed by atoms with E-state index in [4.69, 9.17) is 19.7 Å². The Hall–Kier alpha value is -10.6. The largest absolute Gasteiger partial charge is 0.494 e. The number of amides is 9. The fourth-order valence-electron chi connectivity index (χ4n) is 16.9. The highest BCUT2D eigenvalue weighted by atomic mass is 16.5. The fraction of sp³-hybridized carbons (Fsp3) is 0.708. The highest BCUT2D eigenvalue weighted by Crippen LogP contribution is 2.27. The summed E-state index contributed by atoms with van der Waals surface area (Å²) in [5, 5.41) is 54.1. The Morgan fingerprint density at radius 1 is 0.352 bits per heavy atom. The van der Waals surface area contributed by atoms with Gasteiger partial charge in [-0.25, -0.2) is 19.4 Å². The number of hydrogen-bond acceptors (Lipinski definition) is 23. The molecule has 0 aliphatic heterocycles. The number of nitrogens with zero attached hydrogens (tertiary/aromatic N) is 5. The molecule has 0 aliphatic carbocycles. The number of aromatic carboxylic acids is 2. The van der Waals surface area contributed by atoms with Gasteiger partial charge in [-0.3, -0.25) is 81.9 Å². The molecule has 2 aromatic carbocycles. The minimum Gasteiger partial charge on any atom is -0.494 e. The number of H-pyrrole nitrogens is 1. The van der Waals surface area contributed by atoms with Crippen LogP contribution in [0.3, 0.4) is 0 Å². The van der Waals surface area contributed by atoms with Crippen LogP contribution in [0.25, 0.3) is 0 Å². The van der Waals surface area contributed by atoms with Crippen LogP contribution in [0.15, 0.2) is 61.1 Å². The number of imidazole rings is 1. The number of Topliss-reactive ketones (excluding diaryl/α,β-unsaturated/α-hetero) is 4. The topological polar surface area (TPSA) is 502 Å². The second-order valence-electron chi connectivity index (χ2n) is 39.3. The summed E-state index contributed by atoms with van der Waals surface area (Å²) in [5.41, 5.74) is -0.120. The van der Waals surface area contributed by atoms with Crippen LogP contribution in [0.1, 0.15) is 343 Å². The number of aromatic amines is 1. The number of unbranched alkanes of at least 4 members (excludes halogenated alkanes) is 22. The monoisotopic (exact) mass is 1990 g/mol. The van der Waals surface area contributed by atoms with Gasteiger partial charge in [-0.15, -0.1) is 0 Å². The number of hydrogen-bond donors (Lipinski definition) is 13. The van der Waals surface area contributed by atoms with Gasteiger partial charge in [-0.2, -0.15) is 0 Å². The van der Waals surface area contributed by atoms with E-state index in [0.717, 1.165) is 108 Å². The molecule has 1 heterocycles. The van der Waals surface area contributed by atoms with Gasteiger partial charge in [-0.05, 0) is 280 Å². The summed E-state index contributed by atoms with van der Waals surface area (Å²) >= 11 is 0. The molecule has 9 amide bonds. The molecule has 142 heavy (non-hydrogen) atoms. The van der Waals surface area contributed by atoms with Gasteiger partial charge in [0, 0.05) is 108 Å². The summed E-state index contributed by atoms with van der Waals surface area (Å²) in [6, 6.07) is 9.06. The van der Waals surface area contributed by atoms with Gasteiger partial charge in [0.25, 0.3) is 0 Å². The van der Waals surface area contributed by atoms with Crippen LogP contribution in [-0.2, 0) is 73.5 Å². The third-order valence-electron chi connectivity index (χ3n) is 26.0. The summed E-state index contributed by atoms with van der Waals surface area (Å²) in [6.45, 7) is 9.39. The van der Waals surface area contributed by atoms with Crippen LogP contribution in [-0.4, -0.2) is 290 Å². The average Bonchev–Trinajstić information content (AvgIpc) is 0.919. The van der Waals surface area contributed by atoms with E-state index in [2.05, 4.69) is 57.8 Å². The standard InChI is InChI=1S/C106H175N15O21/c1-77(122)81(43-29-35-67-110-99(131)90(120(9)10)47-33-39-69-112-101(133)88(118(5)6)45-31-37-65-108-94(126)63-60-86(78(2)123)115-96(128)49-27-23-19-15-13-17-21-25-41-71-141-84-56-51-79(52-57-84)103(135)136)73-92(124)82(74-93(125)106(3,4)117-98(130)62-55-83-75-107-76-114-83)44-30-36-68-111-100(132)91(121(11)12)48-34-40-70-113-102(134)89(119(7)8)46-32-38-66-109-95(127)64-61-87(105(139)140)116-97(129)50-28-24-20-16-14-18-22-26-42-72-142-85-58-53-80(54-59-85)104(137)138/h51-54,56-59,75-76,81-82,86-91H,13-50,55,60-74H2,1-12H3,(H,107,114)(H,108,126)(H,109,127)(H,110,131)(H,111,132)(H,112,133)(H,113,134)(H,115,128)(H,116,129)(H,117,130)(H,135,136)(H,137,138)(H,139,140)/t81-,82-,86+,87+,88+,89+,90+,91+/m1/s1. The van der Waals surface area contributed by atoms with Crippen molar-refractivity contribution in [1.29, 1.82) is 0 Å². The molecule has 0 aliphatic rings. The molecular formula is C106H175N15O21. The molecule has 1 aromatic heterocycles. The maximum absolute atomic E-state index is 14.5.